The number of nitrogens with one attached hydrogen (secondary N) is 1. The smallest absolute Gasteiger partial charge is 0.240 e. The molecule has 2 saturated heterocycles. The Labute approximate surface area is 291 Å². The maximum atomic E-state index is 13.8. The number of nitrogens with zero attached hydrogens (tertiary/aromatic N) is 4. The summed E-state index contributed by atoms with van der Waals surface area (Å²) in [6.45, 7) is 12.8. The highest BCUT2D eigenvalue weighted by molar-refractivity contribution is 7.89. The van der Waals surface area contributed by atoms with Gasteiger partial charge in [0.2, 0.25) is 27.7 Å². The van der Waals surface area contributed by atoms with Gasteiger partial charge in [0.15, 0.2) is 0 Å². The first-order valence-corrected chi connectivity index (χ1v) is 19.2. The zero-order valence-corrected chi connectivity index (χ0v) is 30.5. The van der Waals surface area contributed by atoms with Crippen molar-refractivity contribution in [2.75, 3.05) is 57.3 Å². The molecule has 2 fully saturated rings. The Balaban J connectivity index is 1.29. The molecule has 4 rings (SSSR count). The molecule has 264 valence electrons. The molecule has 2 heterocycles. The van der Waals surface area contributed by atoms with Crippen LogP contribution in [0.5, 0.6) is 0 Å². The number of carbonyl (C=O) groups excluding carboxylic acids is 3. The molecular formula is C36H52ClN5O5S. The summed E-state index contributed by atoms with van der Waals surface area (Å²) >= 11 is 6.47. The van der Waals surface area contributed by atoms with Crippen molar-refractivity contribution in [1.82, 2.24) is 19.4 Å². The Morgan fingerprint density at radius 2 is 1.62 bits per heavy atom. The van der Waals surface area contributed by atoms with E-state index in [0.717, 1.165) is 55.7 Å². The van der Waals surface area contributed by atoms with Crippen LogP contribution in [0.1, 0.15) is 70.4 Å². The Morgan fingerprint density at radius 1 is 0.958 bits per heavy atom. The van der Waals surface area contributed by atoms with E-state index in [-0.39, 0.29) is 41.0 Å². The number of anilines is 1. The minimum atomic E-state index is -3.54. The van der Waals surface area contributed by atoms with Gasteiger partial charge in [0.05, 0.1) is 11.3 Å². The maximum absolute atomic E-state index is 13.8. The van der Waals surface area contributed by atoms with Crippen molar-refractivity contribution in [2.24, 2.45) is 5.92 Å². The molecule has 0 aromatic heterocycles. The number of benzene rings is 2. The fourth-order valence-corrected chi connectivity index (χ4v) is 8.01. The highest BCUT2D eigenvalue weighted by Crippen LogP contribution is 2.28. The van der Waals surface area contributed by atoms with Gasteiger partial charge >= 0.3 is 0 Å². The molecule has 3 amide bonds. The van der Waals surface area contributed by atoms with E-state index in [4.69, 9.17) is 11.6 Å². The zero-order valence-electron chi connectivity index (χ0n) is 28.9. The Kier molecular flexibility index (Phi) is 13.9. The minimum Gasteiger partial charge on any atom is -0.343 e. The topological polar surface area (TPSA) is 110 Å². The van der Waals surface area contributed by atoms with Crippen molar-refractivity contribution in [2.45, 2.75) is 83.6 Å². The van der Waals surface area contributed by atoms with E-state index in [1.807, 2.05) is 53.7 Å². The lowest BCUT2D eigenvalue weighted by Gasteiger charge is -2.38. The molecule has 48 heavy (non-hydrogen) atoms. The van der Waals surface area contributed by atoms with E-state index >= 15 is 0 Å². The van der Waals surface area contributed by atoms with Crippen molar-refractivity contribution in [3.05, 3.63) is 58.6 Å². The molecule has 0 atom stereocenters. The summed E-state index contributed by atoms with van der Waals surface area (Å²) < 4.78 is 27.4. The van der Waals surface area contributed by atoms with Crippen molar-refractivity contribution < 1.29 is 22.8 Å². The van der Waals surface area contributed by atoms with Crippen LogP contribution >= 0.6 is 11.6 Å². The van der Waals surface area contributed by atoms with Crippen molar-refractivity contribution >= 4 is 45.0 Å². The quantitative estimate of drug-likeness (QED) is 0.301. The predicted molar refractivity (Wildman–Crippen MR) is 191 cm³/mol. The first kappa shape index (κ1) is 37.8. The van der Waals surface area contributed by atoms with E-state index in [9.17, 15) is 22.8 Å². The van der Waals surface area contributed by atoms with Crippen LogP contribution in [0.25, 0.3) is 0 Å². The summed E-state index contributed by atoms with van der Waals surface area (Å²) in [5, 5.41) is 0.637. The number of hydrogen-bond acceptors (Lipinski definition) is 6. The highest BCUT2D eigenvalue weighted by atomic mass is 35.5. The van der Waals surface area contributed by atoms with E-state index in [0.29, 0.717) is 57.0 Å². The second kappa shape index (κ2) is 17.6. The van der Waals surface area contributed by atoms with Gasteiger partial charge in [0.1, 0.15) is 0 Å². The third-order valence-corrected chi connectivity index (χ3v) is 11.6. The van der Waals surface area contributed by atoms with Crippen LogP contribution in [-0.4, -0.2) is 99.2 Å². The Bertz CT molecular complexity index is 1500. The van der Waals surface area contributed by atoms with Crippen LogP contribution < -0.4 is 9.62 Å². The summed E-state index contributed by atoms with van der Waals surface area (Å²) in [5.74, 6) is 0.0790. The fourth-order valence-electron chi connectivity index (χ4n) is 6.71. The van der Waals surface area contributed by atoms with Crippen molar-refractivity contribution in [1.29, 1.82) is 0 Å². The monoisotopic (exact) mass is 701 g/mol. The van der Waals surface area contributed by atoms with Crippen molar-refractivity contribution in [3.63, 3.8) is 0 Å². The first-order chi connectivity index (χ1) is 22.9. The van der Waals surface area contributed by atoms with Gasteiger partial charge in [-0.25, -0.2) is 13.1 Å². The zero-order chi connectivity index (χ0) is 34.8. The van der Waals surface area contributed by atoms with Gasteiger partial charge in [-0.05, 0) is 94.3 Å². The normalized spacial score (nSPS) is 16.6. The van der Waals surface area contributed by atoms with Crippen LogP contribution in [0.15, 0.2) is 47.4 Å². The average Bonchev–Trinajstić information content (AvgIpc) is 3.08. The number of aryl methyl sites for hydroxylation is 1. The standard InChI is InChI=1S/C36H52ClN5O5S/c1-5-18-38-48(46,47)33-12-9-29(10-13-33)25-35(44)41(6-2)31-16-21-39(22-17-31)19-7-20-42(32-11-8-27(3)34(37)26-32)36(45)30-14-23-40(24-15-30)28(4)43/h8-13,26,30-31,38H,5-7,14-25H2,1-4H3. The predicted octanol–water partition coefficient (Wildman–Crippen LogP) is 4.87. The number of sulfonamides is 1. The molecule has 0 aliphatic carbocycles. The molecule has 1 N–H and O–H groups in total. The molecule has 2 aromatic carbocycles. The SMILES string of the molecule is CCCNS(=O)(=O)c1ccc(CC(=O)N(CC)C2CCN(CCCN(C(=O)C3CCN(C(C)=O)CC3)c3ccc(C)c(Cl)c3)CC2)cc1. The van der Waals surface area contributed by atoms with Gasteiger partial charge in [-0.3, -0.25) is 14.4 Å². The molecule has 12 heteroatoms. The number of likely N-dealkylation sites (tertiary alicyclic amines) is 2. The summed E-state index contributed by atoms with van der Waals surface area (Å²) in [7, 11) is -3.54. The summed E-state index contributed by atoms with van der Waals surface area (Å²) in [6.07, 6.45) is 4.85. The van der Waals surface area contributed by atoms with Crippen LogP contribution in [0, 0.1) is 12.8 Å². The number of amides is 3. The highest BCUT2D eigenvalue weighted by Gasteiger charge is 2.31. The lowest BCUT2D eigenvalue weighted by Crippen LogP contribution is -2.48. The molecule has 0 bridgehead atoms. The largest absolute Gasteiger partial charge is 0.343 e. The molecule has 0 radical (unpaired) electrons. The Morgan fingerprint density at radius 3 is 2.21 bits per heavy atom. The average molecular weight is 702 g/mol. The molecule has 2 aliphatic rings. The van der Waals surface area contributed by atoms with Crippen LogP contribution in [0.3, 0.4) is 0 Å². The van der Waals surface area contributed by atoms with Crippen LogP contribution in [0.2, 0.25) is 5.02 Å². The number of rotatable bonds is 14. The molecule has 2 aliphatic heterocycles. The van der Waals surface area contributed by atoms with E-state index < -0.39 is 10.0 Å². The third-order valence-electron chi connectivity index (χ3n) is 9.67. The van der Waals surface area contributed by atoms with E-state index in [1.54, 1.807) is 31.2 Å². The number of hydrogen-bond donors (Lipinski definition) is 1. The second-order valence-corrected chi connectivity index (χ2v) is 15.2. The molecule has 0 spiro atoms. The molecular weight excluding hydrogens is 650 g/mol. The van der Waals surface area contributed by atoms with Gasteiger partial charge in [-0.15, -0.1) is 0 Å². The number of carbonyl (C=O) groups is 3. The molecule has 2 aromatic rings. The number of halogens is 1. The summed E-state index contributed by atoms with van der Waals surface area (Å²) in [5.41, 5.74) is 2.57. The third kappa shape index (κ3) is 10.0. The minimum absolute atomic E-state index is 0.0516. The lowest BCUT2D eigenvalue weighted by atomic mass is 9.94. The van der Waals surface area contributed by atoms with Crippen molar-refractivity contribution in [3.8, 4) is 0 Å². The maximum Gasteiger partial charge on any atom is 0.240 e. The lowest BCUT2D eigenvalue weighted by molar-refractivity contribution is -0.133. The number of likely N-dealkylation sites (N-methyl/N-ethyl adjacent to an activating group) is 1. The van der Waals surface area contributed by atoms with Gasteiger partial charge < -0.3 is 19.6 Å². The second-order valence-electron chi connectivity index (χ2n) is 13.0. The van der Waals surface area contributed by atoms with Gasteiger partial charge in [0, 0.05) is 75.4 Å². The number of piperidine rings is 2. The fraction of sp³-hybridized carbons (Fsp3) is 0.583. The van der Waals surface area contributed by atoms with Gasteiger partial charge in [0.25, 0.3) is 0 Å². The molecule has 0 unspecified atom stereocenters. The van der Waals surface area contributed by atoms with Gasteiger partial charge in [-0.1, -0.05) is 36.7 Å². The van der Waals surface area contributed by atoms with Crippen LogP contribution in [-0.2, 0) is 30.8 Å². The molecule has 0 saturated carbocycles. The molecule has 10 nitrogen and oxygen atoms in total. The van der Waals surface area contributed by atoms with Gasteiger partial charge in [-0.2, -0.15) is 0 Å². The van der Waals surface area contributed by atoms with E-state index in [2.05, 4.69) is 9.62 Å². The van der Waals surface area contributed by atoms with Crippen LogP contribution in [0.4, 0.5) is 5.69 Å². The Hall–Kier alpha value is -2.99. The van der Waals surface area contributed by atoms with E-state index in [1.165, 1.54) is 0 Å². The first-order valence-electron chi connectivity index (χ1n) is 17.4. The summed E-state index contributed by atoms with van der Waals surface area (Å²) in [6, 6.07) is 12.5. The summed E-state index contributed by atoms with van der Waals surface area (Å²) in [4.78, 5) is 47.2.